The van der Waals surface area contributed by atoms with Crippen LogP contribution in [0.5, 0.6) is 0 Å². The van der Waals surface area contributed by atoms with Crippen LogP contribution in [-0.2, 0) is 19.6 Å². The first-order chi connectivity index (χ1) is 15.9. The van der Waals surface area contributed by atoms with E-state index in [2.05, 4.69) is 10.5 Å². The van der Waals surface area contributed by atoms with Crippen molar-refractivity contribution >= 4 is 27.4 Å². The maximum atomic E-state index is 13.8. The summed E-state index contributed by atoms with van der Waals surface area (Å²) in [6.45, 7) is 3.86. The number of sulfonamides is 1. The summed E-state index contributed by atoms with van der Waals surface area (Å²) in [4.78, 5) is 13.1. The number of carbonyl (C=O) groups is 1. The lowest BCUT2D eigenvalue weighted by atomic mass is 9.92. The minimum atomic E-state index is -3.89. The Labute approximate surface area is 195 Å². The number of para-hydroxylation sites is 1. The van der Waals surface area contributed by atoms with Gasteiger partial charge in [0, 0.05) is 17.7 Å². The van der Waals surface area contributed by atoms with Gasteiger partial charge < -0.3 is 4.74 Å². The molecule has 0 bridgehead atoms. The first kappa shape index (κ1) is 23.4. The van der Waals surface area contributed by atoms with Crippen LogP contribution in [0, 0.1) is 12.8 Å². The smallest absolute Gasteiger partial charge is 0.324 e. The van der Waals surface area contributed by atoms with Gasteiger partial charge in [0.1, 0.15) is 6.04 Å². The lowest BCUT2D eigenvalue weighted by Gasteiger charge is -2.29. The van der Waals surface area contributed by atoms with Crippen molar-refractivity contribution < 1.29 is 17.9 Å². The molecule has 2 aliphatic rings. The van der Waals surface area contributed by atoms with Crippen LogP contribution >= 0.6 is 0 Å². The Morgan fingerprint density at radius 3 is 2.55 bits per heavy atom. The largest absolute Gasteiger partial charge is 0.465 e. The van der Waals surface area contributed by atoms with E-state index in [9.17, 15) is 13.2 Å². The average molecular weight is 470 g/mol. The molecule has 3 atom stereocenters. The highest BCUT2D eigenvalue weighted by Gasteiger charge is 2.52. The minimum absolute atomic E-state index is 0.140. The topological polar surface area (TPSA) is 88.1 Å². The minimum Gasteiger partial charge on any atom is -0.465 e. The van der Waals surface area contributed by atoms with E-state index in [0.29, 0.717) is 12.8 Å². The molecule has 0 amide bonds. The monoisotopic (exact) mass is 469 g/mol. The number of benzene rings is 2. The molecule has 0 radical (unpaired) electrons. The van der Waals surface area contributed by atoms with Crippen molar-refractivity contribution in [2.24, 2.45) is 11.0 Å². The third-order valence-corrected chi connectivity index (χ3v) is 8.39. The molecule has 1 heterocycles. The zero-order valence-corrected chi connectivity index (χ0v) is 19.9. The Morgan fingerprint density at radius 1 is 1.12 bits per heavy atom. The highest BCUT2D eigenvalue weighted by atomic mass is 32.2. The van der Waals surface area contributed by atoms with Crippen LogP contribution in [0.25, 0.3) is 0 Å². The van der Waals surface area contributed by atoms with Crippen LogP contribution < -0.4 is 5.43 Å². The summed E-state index contributed by atoms with van der Waals surface area (Å²) in [6, 6.07) is 15.3. The number of nitrogens with one attached hydrogen (secondary N) is 1. The fraction of sp³-hybridized carbons (Fsp3) is 0.440. The number of esters is 1. The Balaban J connectivity index is 1.71. The molecule has 8 heteroatoms. The fourth-order valence-corrected chi connectivity index (χ4v) is 6.69. The third-order valence-electron chi connectivity index (χ3n) is 6.44. The Kier molecular flexibility index (Phi) is 7.14. The summed E-state index contributed by atoms with van der Waals surface area (Å²) < 4.78 is 34.3. The summed E-state index contributed by atoms with van der Waals surface area (Å²) in [5, 5.41) is 4.69. The van der Waals surface area contributed by atoms with Gasteiger partial charge >= 0.3 is 5.97 Å². The summed E-state index contributed by atoms with van der Waals surface area (Å²) in [5.41, 5.74) is 5.88. The van der Waals surface area contributed by atoms with E-state index in [-0.39, 0.29) is 23.5 Å². The number of carbonyl (C=O) groups excluding carboxylic acids is 1. The van der Waals surface area contributed by atoms with Crippen LogP contribution in [0.4, 0.5) is 5.69 Å². The van der Waals surface area contributed by atoms with Crippen molar-refractivity contribution in [2.45, 2.75) is 62.9 Å². The van der Waals surface area contributed by atoms with Gasteiger partial charge in [-0.05, 0) is 63.8 Å². The number of rotatable bonds is 6. The highest BCUT2D eigenvalue weighted by molar-refractivity contribution is 7.89. The van der Waals surface area contributed by atoms with Crippen molar-refractivity contribution in [2.75, 3.05) is 12.0 Å². The van der Waals surface area contributed by atoms with Crippen molar-refractivity contribution in [3.63, 3.8) is 0 Å². The number of hydrogen-bond acceptors (Lipinski definition) is 6. The van der Waals surface area contributed by atoms with Gasteiger partial charge in [-0.15, -0.1) is 0 Å². The van der Waals surface area contributed by atoms with E-state index in [4.69, 9.17) is 4.74 Å². The molecule has 1 aliphatic heterocycles. The van der Waals surface area contributed by atoms with Gasteiger partial charge in [-0.25, -0.2) is 8.42 Å². The summed E-state index contributed by atoms with van der Waals surface area (Å²) in [6.07, 6.45) is 3.65. The van der Waals surface area contributed by atoms with Gasteiger partial charge in [-0.3, -0.25) is 10.2 Å². The number of fused-ring (bicyclic) bond motifs is 1. The molecule has 2 fully saturated rings. The Bertz CT molecular complexity index is 1100. The molecule has 1 N–H and O–H groups in total. The predicted octanol–water partition coefficient (Wildman–Crippen LogP) is 4.35. The zero-order valence-electron chi connectivity index (χ0n) is 19.1. The molecule has 33 heavy (non-hydrogen) atoms. The van der Waals surface area contributed by atoms with Gasteiger partial charge in [-0.1, -0.05) is 42.3 Å². The van der Waals surface area contributed by atoms with Crippen molar-refractivity contribution in [3.05, 3.63) is 60.2 Å². The van der Waals surface area contributed by atoms with Gasteiger partial charge in [0.15, 0.2) is 0 Å². The number of hydrogen-bond donors (Lipinski definition) is 1. The third kappa shape index (κ3) is 4.96. The second-order valence-corrected chi connectivity index (χ2v) is 10.5. The SMILES string of the molecule is CCOC(=O)[C@@H]1C[C@@H]2/C(=N\Nc3ccccc3)CCCC[C@@H]2N1S(=O)(=O)c1ccc(C)cc1. The summed E-state index contributed by atoms with van der Waals surface area (Å²) in [7, 11) is -3.89. The number of anilines is 1. The van der Waals surface area contributed by atoms with E-state index in [1.165, 1.54) is 4.31 Å². The van der Waals surface area contributed by atoms with E-state index >= 15 is 0 Å². The lowest BCUT2D eigenvalue weighted by molar-refractivity contribution is -0.147. The quantitative estimate of drug-likeness (QED) is 0.502. The second kappa shape index (κ2) is 10.1. The number of nitrogens with zero attached hydrogens (tertiary/aromatic N) is 2. The summed E-state index contributed by atoms with van der Waals surface area (Å²) in [5.74, 6) is -0.630. The predicted molar refractivity (Wildman–Crippen MR) is 128 cm³/mol. The lowest BCUT2D eigenvalue weighted by Crippen LogP contribution is -2.46. The van der Waals surface area contributed by atoms with Crippen LogP contribution in [0.15, 0.2) is 64.6 Å². The fourth-order valence-electron chi connectivity index (χ4n) is 4.85. The molecular formula is C25H31N3O4S. The van der Waals surface area contributed by atoms with E-state index in [0.717, 1.165) is 36.2 Å². The average Bonchev–Trinajstić information content (AvgIpc) is 3.09. The molecule has 1 saturated heterocycles. The Morgan fingerprint density at radius 2 is 1.85 bits per heavy atom. The Hall–Kier alpha value is -2.71. The maximum Gasteiger partial charge on any atom is 0.324 e. The van der Waals surface area contributed by atoms with Crippen LogP contribution in [0.3, 0.4) is 0 Å². The van der Waals surface area contributed by atoms with E-state index in [1.807, 2.05) is 37.3 Å². The number of hydrazone groups is 1. The van der Waals surface area contributed by atoms with Gasteiger partial charge in [0.2, 0.25) is 10.0 Å². The van der Waals surface area contributed by atoms with Crippen molar-refractivity contribution in [1.82, 2.24) is 4.31 Å². The van der Waals surface area contributed by atoms with Crippen LogP contribution in [0.1, 0.15) is 44.6 Å². The van der Waals surface area contributed by atoms with Crippen molar-refractivity contribution in [3.8, 4) is 0 Å². The van der Waals surface area contributed by atoms with Crippen LogP contribution in [0.2, 0.25) is 0 Å². The van der Waals surface area contributed by atoms with Gasteiger partial charge in [-0.2, -0.15) is 9.41 Å². The molecule has 0 aromatic heterocycles. The highest BCUT2D eigenvalue weighted by Crippen LogP contribution is 2.41. The molecule has 7 nitrogen and oxygen atoms in total. The molecule has 0 unspecified atom stereocenters. The van der Waals surface area contributed by atoms with E-state index < -0.39 is 22.0 Å². The molecule has 176 valence electrons. The normalized spacial score (nSPS) is 24.8. The molecule has 0 spiro atoms. The first-order valence-electron chi connectivity index (χ1n) is 11.6. The molecule has 2 aromatic carbocycles. The second-order valence-electron chi connectivity index (χ2n) is 8.65. The standard InChI is InChI=1S/C25H31N3O4S/c1-3-32-25(29)24-17-21-22(27-26-19-9-5-4-6-10-19)11-7-8-12-23(21)28(24)33(30,31)20-15-13-18(2)14-16-20/h4-6,9-10,13-16,21,23-24,26H,3,7-8,11-12,17H2,1-2H3/b27-22-/t21-,23+,24+/m1/s1. The first-order valence-corrected chi connectivity index (χ1v) is 13.0. The molecular weight excluding hydrogens is 438 g/mol. The van der Waals surface area contributed by atoms with Gasteiger partial charge in [0.25, 0.3) is 0 Å². The zero-order chi connectivity index (χ0) is 23.4. The van der Waals surface area contributed by atoms with E-state index in [1.54, 1.807) is 31.2 Å². The molecule has 2 aromatic rings. The number of aryl methyl sites for hydroxylation is 1. The molecule has 4 rings (SSSR count). The van der Waals surface area contributed by atoms with Crippen LogP contribution in [-0.4, -0.2) is 43.1 Å². The van der Waals surface area contributed by atoms with Crippen molar-refractivity contribution in [1.29, 1.82) is 0 Å². The van der Waals surface area contributed by atoms with Gasteiger partial charge in [0.05, 0.1) is 17.2 Å². The summed E-state index contributed by atoms with van der Waals surface area (Å²) >= 11 is 0. The molecule has 1 aliphatic carbocycles. The molecule has 1 saturated carbocycles. The number of ether oxygens (including phenoxy) is 1. The maximum absolute atomic E-state index is 13.8.